The lowest BCUT2D eigenvalue weighted by Crippen LogP contribution is -2.25. The summed E-state index contributed by atoms with van der Waals surface area (Å²) >= 11 is 0. The lowest BCUT2D eigenvalue weighted by Gasteiger charge is -2.20. The number of rotatable bonds is 5. The van der Waals surface area contributed by atoms with Crippen LogP contribution in [0.2, 0.25) is 19.6 Å². The Morgan fingerprint density at radius 3 is 2.31 bits per heavy atom. The van der Waals surface area contributed by atoms with E-state index in [4.69, 9.17) is 9.16 Å². The maximum Gasteiger partial charge on any atom is 0.261 e. The second-order valence-electron chi connectivity index (χ2n) is 4.63. The van der Waals surface area contributed by atoms with E-state index in [1.54, 1.807) is 7.11 Å². The number of allylic oxidation sites excluding steroid dienone is 1. The smallest absolute Gasteiger partial charge is 0.261 e. The number of ether oxygens (including phenoxy) is 1. The number of methoxy groups -OCH3 is 1. The summed E-state index contributed by atoms with van der Waals surface area (Å²) < 4.78 is 11.0. The van der Waals surface area contributed by atoms with E-state index in [1.807, 2.05) is 24.3 Å². The zero-order valence-corrected chi connectivity index (χ0v) is 11.5. The molecule has 0 radical (unpaired) electrons. The third-order valence-electron chi connectivity index (χ3n) is 1.96. The third-order valence-corrected chi connectivity index (χ3v) is 2.77. The molecule has 0 amide bonds. The summed E-state index contributed by atoms with van der Waals surface area (Å²) in [4.78, 5) is 0. The largest absolute Gasteiger partial charge is 0.520 e. The van der Waals surface area contributed by atoms with E-state index in [-0.39, 0.29) is 0 Å². The molecular weight excluding hydrogens is 216 g/mol. The Labute approximate surface area is 99.0 Å². The molecule has 88 valence electrons. The van der Waals surface area contributed by atoms with Crippen LogP contribution >= 0.6 is 0 Å². The molecule has 0 spiro atoms. The van der Waals surface area contributed by atoms with Crippen LogP contribution in [0.1, 0.15) is 5.56 Å². The molecule has 0 saturated carbocycles. The highest BCUT2D eigenvalue weighted by Crippen LogP contribution is 2.12. The molecule has 0 aliphatic carbocycles. The van der Waals surface area contributed by atoms with Crippen molar-refractivity contribution in [3.63, 3.8) is 0 Å². The zero-order valence-electron chi connectivity index (χ0n) is 10.5. The van der Waals surface area contributed by atoms with E-state index in [1.165, 1.54) is 5.56 Å². The predicted octanol–water partition coefficient (Wildman–Crippen LogP) is 3.57. The number of benzene rings is 1. The minimum Gasteiger partial charge on any atom is -0.520 e. The normalized spacial score (nSPS) is 12.4. The summed E-state index contributed by atoms with van der Waals surface area (Å²) in [5, 5.41) is 0. The van der Waals surface area contributed by atoms with Crippen LogP contribution in [0.15, 0.2) is 42.4 Å². The molecule has 1 rings (SSSR count). The first kappa shape index (κ1) is 12.8. The van der Waals surface area contributed by atoms with Crippen molar-refractivity contribution in [3.8, 4) is 0 Å². The van der Waals surface area contributed by atoms with Crippen molar-refractivity contribution in [1.29, 1.82) is 0 Å². The highest BCUT2D eigenvalue weighted by molar-refractivity contribution is 6.69. The molecule has 0 aliphatic rings. The van der Waals surface area contributed by atoms with Crippen LogP contribution in [0.4, 0.5) is 0 Å². The van der Waals surface area contributed by atoms with Gasteiger partial charge < -0.3 is 9.16 Å². The summed E-state index contributed by atoms with van der Waals surface area (Å²) in [6, 6.07) is 10.3. The first-order chi connectivity index (χ1) is 7.51. The lowest BCUT2D eigenvalue weighted by atomic mass is 10.1. The van der Waals surface area contributed by atoms with Gasteiger partial charge in [0.1, 0.15) is 0 Å². The molecule has 1 aromatic carbocycles. The fourth-order valence-corrected chi connectivity index (χ4v) is 2.05. The van der Waals surface area contributed by atoms with Gasteiger partial charge in [-0.25, -0.2) is 0 Å². The Bertz CT molecular complexity index is 339. The highest BCUT2D eigenvalue weighted by atomic mass is 28.4. The van der Waals surface area contributed by atoms with E-state index in [9.17, 15) is 0 Å². The van der Waals surface area contributed by atoms with Gasteiger partial charge >= 0.3 is 0 Å². The van der Waals surface area contributed by atoms with Crippen molar-refractivity contribution in [2.45, 2.75) is 26.1 Å². The summed E-state index contributed by atoms with van der Waals surface area (Å²) in [6.45, 7) is 6.42. The van der Waals surface area contributed by atoms with E-state index in [2.05, 4.69) is 31.8 Å². The number of hydrogen-bond acceptors (Lipinski definition) is 2. The Hall–Kier alpha value is -1.22. The predicted molar refractivity (Wildman–Crippen MR) is 69.7 cm³/mol. The van der Waals surface area contributed by atoms with Gasteiger partial charge in [0.2, 0.25) is 8.32 Å². The molecule has 0 aliphatic heterocycles. The summed E-state index contributed by atoms with van der Waals surface area (Å²) in [6.07, 6.45) is 2.84. The lowest BCUT2D eigenvalue weighted by molar-refractivity contribution is 0.146. The zero-order chi connectivity index (χ0) is 12.0. The Morgan fingerprint density at radius 2 is 1.81 bits per heavy atom. The molecule has 0 fully saturated rings. The molecule has 16 heavy (non-hydrogen) atoms. The fraction of sp³-hybridized carbons (Fsp3) is 0.385. The average Bonchev–Trinajstić information content (AvgIpc) is 2.24. The Morgan fingerprint density at radius 1 is 1.19 bits per heavy atom. The molecule has 0 N–H and O–H groups in total. The Kier molecular flexibility index (Phi) is 4.62. The van der Waals surface area contributed by atoms with Crippen LogP contribution in [0, 0.1) is 0 Å². The minimum atomic E-state index is -1.57. The molecule has 0 unspecified atom stereocenters. The average molecular weight is 236 g/mol. The van der Waals surface area contributed by atoms with Gasteiger partial charge in [0.15, 0.2) is 0 Å². The molecule has 0 bridgehead atoms. The van der Waals surface area contributed by atoms with Crippen molar-refractivity contribution in [3.05, 3.63) is 47.9 Å². The monoisotopic (exact) mass is 236 g/mol. The molecule has 0 heterocycles. The summed E-state index contributed by atoms with van der Waals surface area (Å²) in [7, 11) is 0.0770. The van der Waals surface area contributed by atoms with Crippen molar-refractivity contribution in [1.82, 2.24) is 0 Å². The second-order valence-corrected chi connectivity index (χ2v) is 9.06. The van der Waals surface area contributed by atoms with Gasteiger partial charge in [-0.2, -0.15) is 0 Å². The van der Waals surface area contributed by atoms with Crippen molar-refractivity contribution in [2.24, 2.45) is 0 Å². The second kappa shape index (κ2) is 5.75. The third kappa shape index (κ3) is 5.03. The van der Waals surface area contributed by atoms with Crippen molar-refractivity contribution < 1.29 is 9.16 Å². The van der Waals surface area contributed by atoms with Gasteiger partial charge in [0, 0.05) is 0 Å². The van der Waals surface area contributed by atoms with E-state index >= 15 is 0 Å². The van der Waals surface area contributed by atoms with Crippen LogP contribution in [0.25, 0.3) is 0 Å². The molecule has 1 aromatic rings. The van der Waals surface area contributed by atoms with E-state index < -0.39 is 8.32 Å². The molecular formula is C13H20O2Si. The standard InChI is InChI=1S/C13H20O2Si/c1-14-13(15-16(2,3)4)11-10-12-8-6-5-7-9-12/h5-9,11H,10H2,1-4H3/b13-11-. The SMILES string of the molecule is CO/C(=C/Cc1ccccc1)O[Si](C)(C)C. The maximum atomic E-state index is 5.79. The van der Waals surface area contributed by atoms with Gasteiger partial charge in [-0.1, -0.05) is 30.3 Å². The molecule has 0 atom stereocenters. The van der Waals surface area contributed by atoms with E-state index in [0.29, 0.717) is 5.95 Å². The van der Waals surface area contributed by atoms with Crippen LogP contribution in [0.3, 0.4) is 0 Å². The van der Waals surface area contributed by atoms with Crippen molar-refractivity contribution in [2.75, 3.05) is 7.11 Å². The summed E-state index contributed by atoms with van der Waals surface area (Å²) in [5.74, 6) is 0.642. The highest BCUT2D eigenvalue weighted by Gasteiger charge is 2.17. The quantitative estimate of drug-likeness (QED) is 0.575. The first-order valence-corrected chi connectivity index (χ1v) is 8.89. The van der Waals surface area contributed by atoms with Crippen LogP contribution < -0.4 is 0 Å². The fourth-order valence-electron chi connectivity index (χ4n) is 1.28. The van der Waals surface area contributed by atoms with E-state index in [0.717, 1.165) is 6.42 Å². The van der Waals surface area contributed by atoms with Gasteiger partial charge in [-0.3, -0.25) is 0 Å². The molecule has 0 saturated heterocycles. The first-order valence-electron chi connectivity index (χ1n) is 5.48. The molecule has 3 heteroatoms. The van der Waals surface area contributed by atoms with Crippen LogP contribution in [0.5, 0.6) is 0 Å². The summed E-state index contributed by atoms with van der Waals surface area (Å²) in [5.41, 5.74) is 1.26. The maximum absolute atomic E-state index is 5.79. The van der Waals surface area contributed by atoms with Gasteiger partial charge in [-0.15, -0.1) is 0 Å². The van der Waals surface area contributed by atoms with Crippen LogP contribution in [-0.4, -0.2) is 15.4 Å². The Balaban J connectivity index is 2.60. The molecule has 2 nitrogen and oxygen atoms in total. The molecule has 0 aromatic heterocycles. The minimum absolute atomic E-state index is 0.642. The van der Waals surface area contributed by atoms with Gasteiger partial charge in [0.05, 0.1) is 7.11 Å². The number of hydrogen-bond donors (Lipinski definition) is 0. The topological polar surface area (TPSA) is 18.5 Å². The van der Waals surface area contributed by atoms with Crippen LogP contribution in [-0.2, 0) is 15.6 Å². The van der Waals surface area contributed by atoms with Gasteiger partial charge in [0.25, 0.3) is 5.95 Å². The van der Waals surface area contributed by atoms with Gasteiger partial charge in [-0.05, 0) is 37.7 Å². The van der Waals surface area contributed by atoms with Crippen molar-refractivity contribution >= 4 is 8.32 Å².